The van der Waals surface area contributed by atoms with Gasteiger partial charge in [-0.15, -0.1) is 0 Å². The molecule has 0 aromatic carbocycles. The van der Waals surface area contributed by atoms with Gasteiger partial charge in [0.25, 0.3) is 0 Å². The first kappa shape index (κ1) is 12.9. The van der Waals surface area contributed by atoms with Crippen molar-refractivity contribution in [1.29, 1.82) is 0 Å². The number of carboxylic acids is 1. The van der Waals surface area contributed by atoms with Crippen LogP contribution in [-0.4, -0.2) is 58.5 Å². The third kappa shape index (κ3) is 2.36. The molecule has 106 valence electrons. The van der Waals surface area contributed by atoms with Gasteiger partial charge in [0.15, 0.2) is 0 Å². The van der Waals surface area contributed by atoms with Crippen molar-refractivity contribution in [3.05, 3.63) is 0 Å². The Morgan fingerprint density at radius 1 is 1.16 bits per heavy atom. The standard InChI is InChI=1S/C14H22N2O3/c17-13(5-8-15-6-1-2-7-15)16-10-3-4-12(16)11(9-10)14(18)19/h10-12H,1-9H2,(H,18,19). The van der Waals surface area contributed by atoms with Crippen LogP contribution in [0.2, 0.25) is 0 Å². The molecule has 1 N–H and O–H groups in total. The molecule has 3 aliphatic rings. The van der Waals surface area contributed by atoms with Crippen LogP contribution in [0.4, 0.5) is 0 Å². The maximum atomic E-state index is 12.3. The minimum Gasteiger partial charge on any atom is -0.481 e. The van der Waals surface area contributed by atoms with E-state index in [4.69, 9.17) is 0 Å². The molecule has 0 spiro atoms. The van der Waals surface area contributed by atoms with Crippen LogP contribution in [0.3, 0.4) is 0 Å². The molecule has 0 aromatic rings. The fourth-order valence-corrected chi connectivity index (χ4v) is 4.03. The minimum atomic E-state index is -0.732. The largest absolute Gasteiger partial charge is 0.481 e. The summed E-state index contributed by atoms with van der Waals surface area (Å²) >= 11 is 0. The van der Waals surface area contributed by atoms with Gasteiger partial charge in [-0.25, -0.2) is 0 Å². The Bertz CT molecular complexity index is 379. The van der Waals surface area contributed by atoms with Crippen LogP contribution in [0.1, 0.15) is 38.5 Å². The number of hydrogen-bond donors (Lipinski definition) is 1. The number of likely N-dealkylation sites (tertiary alicyclic amines) is 1. The molecule has 3 unspecified atom stereocenters. The molecule has 3 aliphatic heterocycles. The Balaban J connectivity index is 1.56. The monoisotopic (exact) mass is 266 g/mol. The second kappa shape index (κ2) is 5.12. The number of amides is 1. The van der Waals surface area contributed by atoms with E-state index in [0.717, 1.165) is 32.5 Å². The van der Waals surface area contributed by atoms with Crippen LogP contribution < -0.4 is 0 Å². The van der Waals surface area contributed by atoms with Crippen molar-refractivity contribution in [2.24, 2.45) is 5.92 Å². The summed E-state index contributed by atoms with van der Waals surface area (Å²) in [5.41, 5.74) is 0. The van der Waals surface area contributed by atoms with Gasteiger partial charge in [-0.05, 0) is 45.2 Å². The van der Waals surface area contributed by atoms with Crippen molar-refractivity contribution in [3.63, 3.8) is 0 Å². The van der Waals surface area contributed by atoms with Crippen molar-refractivity contribution >= 4 is 11.9 Å². The smallest absolute Gasteiger partial charge is 0.308 e. The lowest BCUT2D eigenvalue weighted by Gasteiger charge is -2.24. The van der Waals surface area contributed by atoms with Gasteiger partial charge in [0.05, 0.1) is 5.92 Å². The van der Waals surface area contributed by atoms with Crippen LogP contribution in [0.25, 0.3) is 0 Å². The number of fused-ring (bicyclic) bond motifs is 2. The van der Waals surface area contributed by atoms with Crippen LogP contribution in [0.15, 0.2) is 0 Å². The lowest BCUT2D eigenvalue weighted by Crippen LogP contribution is -2.39. The van der Waals surface area contributed by atoms with Crippen molar-refractivity contribution in [2.75, 3.05) is 19.6 Å². The molecule has 3 fully saturated rings. The van der Waals surface area contributed by atoms with Gasteiger partial charge >= 0.3 is 5.97 Å². The zero-order chi connectivity index (χ0) is 13.4. The molecule has 3 atom stereocenters. The van der Waals surface area contributed by atoms with Gasteiger partial charge in [0.1, 0.15) is 0 Å². The Kier molecular flexibility index (Phi) is 3.48. The third-order valence-electron chi connectivity index (χ3n) is 4.98. The summed E-state index contributed by atoms with van der Waals surface area (Å²) in [6.07, 6.45) is 5.56. The molecule has 1 amide bonds. The lowest BCUT2D eigenvalue weighted by molar-refractivity contribution is -0.143. The molecule has 2 bridgehead atoms. The van der Waals surface area contributed by atoms with Crippen LogP contribution in [0, 0.1) is 5.92 Å². The summed E-state index contributed by atoms with van der Waals surface area (Å²) in [4.78, 5) is 27.8. The van der Waals surface area contributed by atoms with Crippen molar-refractivity contribution in [2.45, 2.75) is 50.6 Å². The van der Waals surface area contributed by atoms with E-state index in [-0.39, 0.29) is 23.9 Å². The highest BCUT2D eigenvalue weighted by molar-refractivity contribution is 5.80. The zero-order valence-electron chi connectivity index (χ0n) is 11.3. The van der Waals surface area contributed by atoms with Crippen LogP contribution >= 0.6 is 0 Å². The summed E-state index contributed by atoms with van der Waals surface area (Å²) in [5.74, 6) is -0.887. The maximum absolute atomic E-state index is 12.3. The number of hydrogen-bond acceptors (Lipinski definition) is 3. The van der Waals surface area contributed by atoms with Crippen molar-refractivity contribution < 1.29 is 14.7 Å². The number of rotatable bonds is 4. The summed E-state index contributed by atoms with van der Waals surface area (Å²) in [6.45, 7) is 3.06. The van der Waals surface area contributed by atoms with Gasteiger partial charge in [-0.2, -0.15) is 0 Å². The first-order valence-electron chi connectivity index (χ1n) is 7.43. The Morgan fingerprint density at radius 2 is 1.89 bits per heavy atom. The highest BCUT2D eigenvalue weighted by atomic mass is 16.4. The Morgan fingerprint density at radius 3 is 2.53 bits per heavy atom. The first-order chi connectivity index (χ1) is 9.16. The van der Waals surface area contributed by atoms with E-state index in [1.807, 2.05) is 4.90 Å². The SMILES string of the molecule is O=C(O)C1CC2CCC1N2C(=O)CCN1CCCC1. The summed E-state index contributed by atoms with van der Waals surface area (Å²) in [7, 11) is 0. The van der Waals surface area contributed by atoms with Gasteiger partial charge in [0, 0.05) is 25.0 Å². The molecule has 0 radical (unpaired) electrons. The van der Waals surface area contributed by atoms with Crippen LogP contribution in [0.5, 0.6) is 0 Å². The van der Waals surface area contributed by atoms with E-state index in [0.29, 0.717) is 12.8 Å². The highest BCUT2D eigenvalue weighted by Crippen LogP contribution is 2.42. The quantitative estimate of drug-likeness (QED) is 0.822. The minimum absolute atomic E-state index is 0.0337. The lowest BCUT2D eigenvalue weighted by atomic mass is 9.89. The molecule has 5 nitrogen and oxygen atoms in total. The molecule has 0 saturated carbocycles. The average Bonchev–Trinajstić information content (AvgIpc) is 3.11. The summed E-state index contributed by atoms with van der Waals surface area (Å²) < 4.78 is 0. The number of carboxylic acid groups (broad SMARTS) is 1. The number of carbonyl (C=O) groups is 2. The fraction of sp³-hybridized carbons (Fsp3) is 0.857. The van der Waals surface area contributed by atoms with E-state index >= 15 is 0 Å². The van der Waals surface area contributed by atoms with Crippen LogP contribution in [-0.2, 0) is 9.59 Å². The molecule has 3 saturated heterocycles. The first-order valence-corrected chi connectivity index (χ1v) is 7.43. The molecule has 5 heteroatoms. The molecular formula is C14H22N2O3. The highest BCUT2D eigenvalue weighted by Gasteiger charge is 2.50. The average molecular weight is 266 g/mol. The predicted molar refractivity (Wildman–Crippen MR) is 69.7 cm³/mol. The topological polar surface area (TPSA) is 60.9 Å². The molecule has 3 rings (SSSR count). The van der Waals surface area contributed by atoms with E-state index in [2.05, 4.69) is 4.90 Å². The Labute approximate surface area is 113 Å². The fourth-order valence-electron chi connectivity index (χ4n) is 4.03. The Hall–Kier alpha value is -1.10. The molecule has 3 heterocycles. The van der Waals surface area contributed by atoms with Crippen molar-refractivity contribution in [3.8, 4) is 0 Å². The normalized spacial score (nSPS) is 34.1. The van der Waals surface area contributed by atoms with Gasteiger partial charge in [-0.3, -0.25) is 9.59 Å². The van der Waals surface area contributed by atoms with E-state index in [1.54, 1.807) is 0 Å². The second-order valence-corrected chi connectivity index (χ2v) is 6.08. The van der Waals surface area contributed by atoms with Gasteiger partial charge in [0.2, 0.25) is 5.91 Å². The maximum Gasteiger partial charge on any atom is 0.308 e. The number of nitrogens with zero attached hydrogens (tertiary/aromatic N) is 2. The molecular weight excluding hydrogens is 244 g/mol. The molecule has 0 aromatic heterocycles. The van der Waals surface area contributed by atoms with Crippen molar-refractivity contribution in [1.82, 2.24) is 9.80 Å². The van der Waals surface area contributed by atoms with E-state index in [1.165, 1.54) is 12.8 Å². The molecule has 0 aliphatic carbocycles. The molecule has 19 heavy (non-hydrogen) atoms. The second-order valence-electron chi connectivity index (χ2n) is 6.08. The summed E-state index contributed by atoms with van der Waals surface area (Å²) in [6, 6.07) is 0.158. The van der Waals surface area contributed by atoms with E-state index in [9.17, 15) is 14.7 Å². The number of carbonyl (C=O) groups excluding carboxylic acids is 1. The number of aliphatic carboxylic acids is 1. The summed E-state index contributed by atoms with van der Waals surface area (Å²) in [5, 5.41) is 9.19. The van der Waals surface area contributed by atoms with Gasteiger partial charge in [-0.1, -0.05) is 0 Å². The van der Waals surface area contributed by atoms with E-state index < -0.39 is 5.97 Å². The van der Waals surface area contributed by atoms with Gasteiger partial charge < -0.3 is 14.9 Å². The third-order valence-corrected chi connectivity index (χ3v) is 4.98. The zero-order valence-corrected chi connectivity index (χ0v) is 11.3. The predicted octanol–water partition coefficient (Wildman–Crippen LogP) is 0.936.